The summed E-state index contributed by atoms with van der Waals surface area (Å²) in [5.41, 5.74) is 2.65. The van der Waals surface area contributed by atoms with Gasteiger partial charge in [0.05, 0.1) is 5.92 Å². The van der Waals surface area contributed by atoms with Crippen molar-refractivity contribution < 1.29 is 22.7 Å². The molecule has 1 aliphatic rings. The topological polar surface area (TPSA) is 52.3 Å². The van der Waals surface area contributed by atoms with Gasteiger partial charge in [-0.3, -0.25) is 4.79 Å². The molecule has 2 N–H and O–H groups in total. The van der Waals surface area contributed by atoms with Crippen molar-refractivity contribution in [3.05, 3.63) is 0 Å². The van der Waals surface area contributed by atoms with E-state index in [-0.39, 0.29) is 6.42 Å². The van der Waals surface area contributed by atoms with E-state index in [1.807, 2.05) is 0 Å². The van der Waals surface area contributed by atoms with Crippen LogP contribution in [0.1, 0.15) is 27.2 Å². The Bertz CT molecular complexity index is 282. The molecule has 0 aliphatic heterocycles. The summed E-state index contributed by atoms with van der Waals surface area (Å²) in [6, 6.07) is 0. The lowest BCUT2D eigenvalue weighted by atomic mass is 10.1. The van der Waals surface area contributed by atoms with E-state index in [0.29, 0.717) is 0 Å². The van der Waals surface area contributed by atoms with E-state index < -0.39 is 29.2 Å². The highest BCUT2D eigenvalue weighted by atomic mass is 19.4. The van der Waals surface area contributed by atoms with Crippen LogP contribution in [0.15, 0.2) is 0 Å². The van der Waals surface area contributed by atoms with E-state index in [2.05, 4.69) is 0 Å². The highest BCUT2D eigenvalue weighted by Crippen LogP contribution is 2.52. The fraction of sp³-hybridized carbons (Fsp3) is 0.889. The van der Waals surface area contributed by atoms with Crippen molar-refractivity contribution in [2.75, 3.05) is 0 Å². The summed E-state index contributed by atoms with van der Waals surface area (Å²) >= 11 is 0. The van der Waals surface area contributed by atoms with E-state index in [9.17, 15) is 18.0 Å². The van der Waals surface area contributed by atoms with Crippen molar-refractivity contribution >= 4 is 5.97 Å². The summed E-state index contributed by atoms with van der Waals surface area (Å²) in [7, 11) is 0. The van der Waals surface area contributed by atoms with Gasteiger partial charge < -0.3 is 10.5 Å². The number of hydrogen-bond donors (Lipinski definition) is 1. The zero-order valence-corrected chi connectivity index (χ0v) is 8.81. The van der Waals surface area contributed by atoms with Crippen LogP contribution in [0.5, 0.6) is 0 Å². The Balaban J connectivity index is 2.65. The predicted molar refractivity (Wildman–Crippen MR) is 46.9 cm³/mol. The van der Waals surface area contributed by atoms with Crippen molar-refractivity contribution in [1.29, 1.82) is 0 Å². The van der Waals surface area contributed by atoms with Crippen LogP contribution >= 0.6 is 0 Å². The maximum atomic E-state index is 12.2. The number of alkyl halides is 3. The minimum atomic E-state index is -4.42. The summed E-state index contributed by atoms with van der Waals surface area (Å²) in [5.74, 6) is -2.74. The van der Waals surface area contributed by atoms with Crippen LogP contribution in [0.25, 0.3) is 0 Å². The van der Waals surface area contributed by atoms with E-state index in [0.717, 1.165) is 0 Å². The van der Waals surface area contributed by atoms with E-state index >= 15 is 0 Å². The zero-order valence-electron chi connectivity index (χ0n) is 8.81. The number of ether oxygens (including phenoxy) is 1. The number of nitrogens with two attached hydrogens (primary N) is 1. The van der Waals surface area contributed by atoms with Gasteiger partial charge in [0.25, 0.3) is 0 Å². The van der Waals surface area contributed by atoms with Crippen molar-refractivity contribution in [1.82, 2.24) is 0 Å². The molecule has 0 unspecified atom stereocenters. The van der Waals surface area contributed by atoms with Gasteiger partial charge in [0.1, 0.15) is 11.1 Å². The lowest BCUT2D eigenvalue weighted by molar-refractivity contribution is -0.171. The minimum Gasteiger partial charge on any atom is -0.459 e. The Kier molecular flexibility index (Phi) is 2.54. The van der Waals surface area contributed by atoms with Crippen LogP contribution in [0, 0.1) is 5.92 Å². The molecule has 88 valence electrons. The van der Waals surface area contributed by atoms with Gasteiger partial charge in [0.2, 0.25) is 0 Å². The number of carbonyl (C=O) groups is 1. The summed E-state index contributed by atoms with van der Waals surface area (Å²) in [6.45, 7) is 4.75. The molecule has 0 aromatic heterocycles. The molecule has 3 nitrogen and oxygen atoms in total. The average Bonchev–Trinajstić information content (AvgIpc) is 2.58. The van der Waals surface area contributed by atoms with Crippen LogP contribution in [-0.4, -0.2) is 23.3 Å². The van der Waals surface area contributed by atoms with Crippen molar-refractivity contribution in [3.8, 4) is 0 Å². The van der Waals surface area contributed by atoms with E-state index in [4.69, 9.17) is 10.5 Å². The monoisotopic (exact) mass is 225 g/mol. The third-order valence-electron chi connectivity index (χ3n) is 2.18. The second kappa shape index (κ2) is 3.10. The minimum absolute atomic E-state index is 0.384. The number of carbonyl (C=O) groups excluding carboxylic acids is 1. The second-order valence-electron chi connectivity index (χ2n) is 4.84. The fourth-order valence-electron chi connectivity index (χ4n) is 1.29. The number of rotatable bonds is 1. The number of halogens is 3. The van der Waals surface area contributed by atoms with Crippen molar-refractivity contribution in [3.63, 3.8) is 0 Å². The molecule has 0 aromatic carbocycles. The summed E-state index contributed by atoms with van der Waals surface area (Å²) in [5, 5.41) is 0. The molecule has 0 radical (unpaired) electrons. The largest absolute Gasteiger partial charge is 0.459 e. The average molecular weight is 225 g/mol. The molecule has 0 heterocycles. The maximum Gasteiger partial charge on any atom is 0.394 e. The first-order chi connectivity index (χ1) is 6.47. The molecule has 0 aromatic rings. The Morgan fingerprint density at radius 1 is 1.40 bits per heavy atom. The van der Waals surface area contributed by atoms with Crippen LogP contribution in [0.4, 0.5) is 13.2 Å². The molecule has 0 saturated heterocycles. The predicted octanol–water partition coefficient (Wildman–Crippen LogP) is 1.61. The third-order valence-corrected chi connectivity index (χ3v) is 2.18. The zero-order chi connectivity index (χ0) is 12.1. The molecule has 1 rings (SSSR count). The van der Waals surface area contributed by atoms with Crippen molar-refractivity contribution in [2.45, 2.75) is 44.5 Å². The smallest absolute Gasteiger partial charge is 0.394 e. The van der Waals surface area contributed by atoms with Gasteiger partial charge in [-0.15, -0.1) is 0 Å². The number of hydrogen-bond acceptors (Lipinski definition) is 3. The van der Waals surface area contributed by atoms with Crippen LogP contribution < -0.4 is 5.73 Å². The van der Waals surface area contributed by atoms with Crippen LogP contribution in [0.3, 0.4) is 0 Å². The molecule has 0 amide bonds. The highest BCUT2D eigenvalue weighted by molar-refractivity contribution is 5.85. The van der Waals surface area contributed by atoms with E-state index in [1.54, 1.807) is 20.8 Å². The first kappa shape index (κ1) is 12.3. The van der Waals surface area contributed by atoms with Gasteiger partial charge >= 0.3 is 12.1 Å². The van der Waals surface area contributed by atoms with E-state index in [1.165, 1.54) is 0 Å². The summed E-state index contributed by atoms with van der Waals surface area (Å²) in [4.78, 5) is 11.4. The summed E-state index contributed by atoms with van der Waals surface area (Å²) < 4.78 is 41.6. The Morgan fingerprint density at radius 2 is 1.87 bits per heavy atom. The van der Waals surface area contributed by atoms with Crippen LogP contribution in [-0.2, 0) is 9.53 Å². The van der Waals surface area contributed by atoms with Gasteiger partial charge in [-0.05, 0) is 27.2 Å². The molecule has 0 bridgehead atoms. The van der Waals surface area contributed by atoms with Gasteiger partial charge in [-0.1, -0.05) is 0 Å². The van der Waals surface area contributed by atoms with Gasteiger partial charge in [0.15, 0.2) is 0 Å². The Hall–Kier alpha value is -0.780. The quantitative estimate of drug-likeness (QED) is 0.690. The second-order valence-corrected chi connectivity index (χ2v) is 4.84. The number of esters is 1. The highest BCUT2D eigenvalue weighted by Gasteiger charge is 2.70. The standard InChI is InChI=1S/C9H14F3NO2/c1-7(2,3)15-6(14)8(13)4-5(8)9(10,11)12/h5H,4,13H2,1-3H3/t5-,8-/m0/s1. The van der Waals surface area contributed by atoms with Gasteiger partial charge in [-0.25, -0.2) is 0 Å². The molecule has 1 aliphatic carbocycles. The molecular formula is C9H14F3NO2. The molecular weight excluding hydrogens is 211 g/mol. The Morgan fingerprint density at radius 3 is 2.13 bits per heavy atom. The molecule has 1 saturated carbocycles. The maximum absolute atomic E-state index is 12.2. The molecule has 15 heavy (non-hydrogen) atoms. The molecule has 6 heteroatoms. The SMILES string of the molecule is CC(C)(C)OC(=O)[C@]1(N)C[C@@H]1C(F)(F)F. The normalized spacial score (nSPS) is 31.3. The van der Waals surface area contributed by atoms with Crippen molar-refractivity contribution in [2.24, 2.45) is 11.7 Å². The molecule has 1 fully saturated rings. The third kappa shape index (κ3) is 2.62. The Labute approximate surface area is 85.8 Å². The first-order valence-electron chi connectivity index (χ1n) is 4.56. The van der Waals surface area contributed by atoms with Gasteiger partial charge in [-0.2, -0.15) is 13.2 Å². The lowest BCUT2D eigenvalue weighted by Crippen LogP contribution is -2.43. The van der Waals surface area contributed by atoms with Gasteiger partial charge in [0, 0.05) is 0 Å². The lowest BCUT2D eigenvalue weighted by Gasteiger charge is -2.22. The molecule has 0 spiro atoms. The summed E-state index contributed by atoms with van der Waals surface area (Å²) in [6.07, 6.45) is -4.81. The fourth-order valence-corrected chi connectivity index (χ4v) is 1.29. The molecule has 2 atom stereocenters. The first-order valence-corrected chi connectivity index (χ1v) is 4.56. The van der Waals surface area contributed by atoms with Crippen LogP contribution in [0.2, 0.25) is 0 Å².